The van der Waals surface area contributed by atoms with E-state index in [4.69, 9.17) is 19.4 Å². The normalized spacial score (nSPS) is 15.1. The molecule has 164 valence electrons. The molecule has 0 aliphatic carbocycles. The molecule has 0 bridgehead atoms. The van der Waals surface area contributed by atoms with E-state index in [0.29, 0.717) is 5.56 Å². The molecule has 0 spiro atoms. The molecule has 8 heteroatoms. The number of ether oxygens (including phenoxy) is 2. The minimum absolute atomic E-state index is 0.0397. The molecule has 7 nitrogen and oxygen atoms in total. The van der Waals surface area contributed by atoms with Crippen LogP contribution in [0.3, 0.4) is 0 Å². The van der Waals surface area contributed by atoms with Crippen LogP contribution in [0.1, 0.15) is 28.3 Å². The molecular formula is C24H20FNO6. The van der Waals surface area contributed by atoms with Crippen molar-refractivity contribution < 1.29 is 33.4 Å². The molecule has 0 fully saturated rings. The first-order valence-electron chi connectivity index (χ1n) is 9.88. The molecule has 0 aromatic heterocycles. The van der Waals surface area contributed by atoms with Crippen LogP contribution in [0.25, 0.3) is 0 Å². The summed E-state index contributed by atoms with van der Waals surface area (Å²) in [6.45, 7) is -0.304. The third-order valence-corrected chi connectivity index (χ3v) is 4.97. The predicted octanol–water partition coefficient (Wildman–Crippen LogP) is 4.46. The number of carbonyl (C=O) groups excluding carboxylic acids is 1. The fourth-order valence-electron chi connectivity index (χ4n) is 3.61. The topological polar surface area (TPSA) is 85.3 Å². The van der Waals surface area contributed by atoms with Gasteiger partial charge in [0.15, 0.2) is 6.61 Å². The lowest BCUT2D eigenvalue weighted by Gasteiger charge is -2.25. The number of carboxylic acids is 1. The summed E-state index contributed by atoms with van der Waals surface area (Å²) in [5.74, 6) is -1.51. The molecule has 1 heterocycles. The summed E-state index contributed by atoms with van der Waals surface area (Å²) in [6, 6.07) is 19.6. The summed E-state index contributed by atoms with van der Waals surface area (Å²) < 4.78 is 24.7. The first kappa shape index (κ1) is 21.3. The van der Waals surface area contributed by atoms with E-state index in [2.05, 4.69) is 0 Å². The van der Waals surface area contributed by atoms with Gasteiger partial charge in [-0.25, -0.2) is 14.0 Å². The highest BCUT2D eigenvalue weighted by atomic mass is 19.1. The second kappa shape index (κ2) is 9.49. The summed E-state index contributed by atoms with van der Waals surface area (Å²) in [6.07, 6.45) is -0.906. The number of carboxylic acid groups (broad SMARTS) is 1. The molecular weight excluding hydrogens is 417 g/mol. The number of hydrogen-bond acceptors (Lipinski definition) is 6. The van der Waals surface area contributed by atoms with Crippen molar-refractivity contribution in [3.05, 3.63) is 101 Å². The second-order valence-corrected chi connectivity index (χ2v) is 7.16. The van der Waals surface area contributed by atoms with Crippen LogP contribution < -0.4 is 4.74 Å². The fourth-order valence-corrected chi connectivity index (χ4v) is 3.61. The van der Waals surface area contributed by atoms with Gasteiger partial charge in [-0.1, -0.05) is 54.6 Å². The Balaban J connectivity index is 1.59. The molecule has 1 atom stereocenters. The summed E-state index contributed by atoms with van der Waals surface area (Å²) in [5.41, 5.74) is 2.81. The van der Waals surface area contributed by atoms with Gasteiger partial charge in [-0.15, -0.1) is 5.06 Å². The van der Waals surface area contributed by atoms with E-state index in [1.807, 2.05) is 54.6 Å². The number of nitrogens with zero attached hydrogens (tertiary/aromatic N) is 1. The van der Waals surface area contributed by atoms with Crippen LogP contribution in [0, 0.1) is 5.82 Å². The number of hydrogen-bond donors (Lipinski definition) is 1. The minimum atomic E-state index is -1.16. The molecule has 0 saturated heterocycles. The Kier molecular flexibility index (Phi) is 6.32. The maximum absolute atomic E-state index is 14.2. The number of halogens is 1. The monoisotopic (exact) mass is 437 g/mol. The largest absolute Gasteiger partial charge is 0.528 e. The van der Waals surface area contributed by atoms with E-state index in [0.717, 1.165) is 16.7 Å². The Hall–Kier alpha value is -3.91. The van der Waals surface area contributed by atoms with Crippen LogP contribution in [-0.2, 0) is 27.5 Å². The van der Waals surface area contributed by atoms with Gasteiger partial charge in [-0.05, 0) is 34.9 Å². The lowest BCUT2D eigenvalue weighted by atomic mass is 9.97. The molecule has 4 rings (SSSR count). The highest BCUT2D eigenvalue weighted by Gasteiger charge is 2.36. The van der Waals surface area contributed by atoms with Gasteiger partial charge in [-0.3, -0.25) is 0 Å². The van der Waals surface area contributed by atoms with Gasteiger partial charge >= 0.3 is 12.1 Å². The maximum Gasteiger partial charge on any atom is 0.528 e. The molecule has 1 unspecified atom stereocenters. The van der Waals surface area contributed by atoms with Gasteiger partial charge in [0.25, 0.3) is 0 Å². The molecule has 32 heavy (non-hydrogen) atoms. The first-order valence-corrected chi connectivity index (χ1v) is 9.88. The third kappa shape index (κ3) is 4.87. The quantitative estimate of drug-likeness (QED) is 0.546. The Morgan fingerprint density at radius 3 is 2.53 bits per heavy atom. The number of carbonyl (C=O) groups is 2. The van der Waals surface area contributed by atoms with Crippen molar-refractivity contribution in [2.75, 3.05) is 6.61 Å². The zero-order chi connectivity index (χ0) is 22.5. The van der Waals surface area contributed by atoms with Crippen LogP contribution in [0.4, 0.5) is 9.18 Å². The lowest BCUT2D eigenvalue weighted by Crippen LogP contribution is -2.28. The Morgan fingerprint density at radius 2 is 1.75 bits per heavy atom. The zero-order valence-corrected chi connectivity index (χ0v) is 16.9. The molecule has 3 aromatic carbocycles. The number of rotatable bonds is 7. The van der Waals surface area contributed by atoms with Crippen molar-refractivity contribution in [3.63, 3.8) is 0 Å². The van der Waals surface area contributed by atoms with Gasteiger partial charge in [-0.2, -0.15) is 0 Å². The Labute approximate surface area is 183 Å². The molecule has 3 aromatic rings. The average molecular weight is 437 g/mol. The van der Waals surface area contributed by atoms with Gasteiger partial charge in [0, 0.05) is 5.56 Å². The van der Waals surface area contributed by atoms with Crippen LogP contribution in [-0.4, -0.2) is 28.9 Å². The van der Waals surface area contributed by atoms with Crippen LogP contribution in [0.15, 0.2) is 72.8 Å². The van der Waals surface area contributed by atoms with Crippen molar-refractivity contribution >= 4 is 12.1 Å². The summed E-state index contributed by atoms with van der Waals surface area (Å²) >= 11 is 0. The maximum atomic E-state index is 14.2. The molecule has 0 amide bonds. The second-order valence-electron chi connectivity index (χ2n) is 7.16. The van der Waals surface area contributed by atoms with Gasteiger partial charge in [0.1, 0.15) is 24.2 Å². The molecule has 1 aliphatic rings. The van der Waals surface area contributed by atoms with E-state index < -0.39 is 30.6 Å². The summed E-state index contributed by atoms with van der Waals surface area (Å²) in [5, 5.41) is 10.3. The lowest BCUT2D eigenvalue weighted by molar-refractivity contribution is -0.147. The van der Waals surface area contributed by atoms with E-state index in [1.54, 1.807) is 0 Å². The Bertz CT molecular complexity index is 1120. The van der Waals surface area contributed by atoms with Crippen LogP contribution in [0.2, 0.25) is 0 Å². The fraction of sp³-hybridized carbons (Fsp3) is 0.167. The minimum Gasteiger partial charge on any atom is -0.482 e. The highest BCUT2D eigenvalue weighted by Crippen LogP contribution is 2.42. The van der Waals surface area contributed by atoms with Crippen molar-refractivity contribution in [1.82, 2.24) is 5.06 Å². The van der Waals surface area contributed by atoms with E-state index >= 15 is 0 Å². The van der Waals surface area contributed by atoms with E-state index in [9.17, 15) is 14.0 Å². The molecule has 0 radical (unpaired) electrons. The number of aliphatic carboxylic acids is 1. The predicted molar refractivity (Wildman–Crippen MR) is 111 cm³/mol. The standard InChI is InChI=1S/C24H20FNO6/c25-18-10-11-21(30-15-22(27)28)20(12-18)23-19-9-5-4-8-17(19)13-26(23)32-24(29)31-14-16-6-2-1-3-7-16/h1-12,23H,13-15H2,(H,27,28). The number of hydroxylamine groups is 2. The molecule has 1 aliphatic heterocycles. The highest BCUT2D eigenvalue weighted by molar-refractivity contribution is 5.68. The molecule has 0 saturated carbocycles. The number of benzene rings is 3. The van der Waals surface area contributed by atoms with Crippen LogP contribution in [0.5, 0.6) is 5.75 Å². The SMILES string of the molecule is O=C(O)COc1ccc(F)cc1C1c2ccccc2CN1OC(=O)OCc1ccccc1. The van der Waals surface area contributed by atoms with Gasteiger partial charge < -0.3 is 19.4 Å². The first-order chi connectivity index (χ1) is 15.5. The summed E-state index contributed by atoms with van der Waals surface area (Å²) in [4.78, 5) is 28.9. The zero-order valence-electron chi connectivity index (χ0n) is 16.9. The van der Waals surface area contributed by atoms with Gasteiger partial charge in [0.05, 0.1) is 6.54 Å². The average Bonchev–Trinajstić information content (AvgIpc) is 3.15. The van der Waals surface area contributed by atoms with Crippen molar-refractivity contribution in [1.29, 1.82) is 0 Å². The van der Waals surface area contributed by atoms with Gasteiger partial charge in [0.2, 0.25) is 0 Å². The van der Waals surface area contributed by atoms with E-state index in [1.165, 1.54) is 23.3 Å². The Morgan fingerprint density at radius 1 is 1.00 bits per heavy atom. The van der Waals surface area contributed by atoms with Crippen molar-refractivity contribution in [2.24, 2.45) is 0 Å². The molecule has 1 N–H and O–H groups in total. The summed E-state index contributed by atoms with van der Waals surface area (Å²) in [7, 11) is 0. The number of fused-ring (bicyclic) bond motifs is 1. The van der Waals surface area contributed by atoms with E-state index in [-0.39, 0.29) is 18.9 Å². The third-order valence-electron chi connectivity index (χ3n) is 4.97. The smallest absolute Gasteiger partial charge is 0.482 e. The van der Waals surface area contributed by atoms with Crippen LogP contribution >= 0.6 is 0 Å². The van der Waals surface area contributed by atoms with Crippen molar-refractivity contribution in [3.8, 4) is 5.75 Å². The van der Waals surface area contributed by atoms with Crippen molar-refractivity contribution in [2.45, 2.75) is 19.2 Å².